The lowest BCUT2D eigenvalue weighted by Crippen LogP contribution is -2.03. The Hall–Kier alpha value is -2.17. The van der Waals surface area contributed by atoms with E-state index < -0.39 is 0 Å². The van der Waals surface area contributed by atoms with E-state index >= 15 is 0 Å². The van der Waals surface area contributed by atoms with E-state index in [2.05, 4.69) is 28.1 Å². The molecule has 0 aliphatic carbocycles. The first-order chi connectivity index (χ1) is 9.70. The molecule has 0 aromatic carbocycles. The standard InChI is InChI=1S/C15H19N5/c1-3-11-8-10(9-18-11)14-13-12(16)6-4-5-7-17-15(13)20(2)19-14/h7-9,16,18H,3-6H2,1-2H3. The molecule has 5 nitrogen and oxygen atoms in total. The summed E-state index contributed by atoms with van der Waals surface area (Å²) in [5.74, 6) is 0.795. The summed E-state index contributed by atoms with van der Waals surface area (Å²) in [5, 5.41) is 12.9. The van der Waals surface area contributed by atoms with Crippen molar-refractivity contribution < 1.29 is 0 Å². The van der Waals surface area contributed by atoms with Crippen LogP contribution in [0.3, 0.4) is 0 Å². The van der Waals surface area contributed by atoms with E-state index in [0.717, 1.165) is 48.3 Å². The van der Waals surface area contributed by atoms with Crippen molar-refractivity contribution in [1.82, 2.24) is 14.8 Å². The fourth-order valence-electron chi connectivity index (χ4n) is 2.57. The van der Waals surface area contributed by atoms with Crippen LogP contribution in [0.1, 0.15) is 37.4 Å². The zero-order chi connectivity index (χ0) is 14.1. The molecule has 2 aromatic heterocycles. The first-order valence-electron chi connectivity index (χ1n) is 7.05. The summed E-state index contributed by atoms with van der Waals surface area (Å²) in [4.78, 5) is 7.75. The molecule has 0 radical (unpaired) electrons. The first kappa shape index (κ1) is 12.8. The van der Waals surface area contributed by atoms with Gasteiger partial charge in [-0.05, 0) is 31.7 Å². The minimum atomic E-state index is 0.638. The number of aromatic amines is 1. The molecular weight excluding hydrogens is 250 g/mol. The van der Waals surface area contributed by atoms with Crippen LogP contribution >= 0.6 is 0 Å². The number of nitrogens with one attached hydrogen (secondary N) is 2. The van der Waals surface area contributed by atoms with Crippen LogP contribution in [0.5, 0.6) is 0 Å². The van der Waals surface area contributed by atoms with Crippen LogP contribution in [0.15, 0.2) is 17.3 Å². The molecular formula is C15H19N5. The zero-order valence-electron chi connectivity index (χ0n) is 11.9. The fraction of sp³-hybridized carbons (Fsp3) is 0.400. The Kier molecular flexibility index (Phi) is 3.26. The molecule has 2 aromatic rings. The summed E-state index contributed by atoms with van der Waals surface area (Å²) in [6, 6.07) is 2.11. The average Bonchev–Trinajstić information content (AvgIpc) is 3.00. The molecule has 3 rings (SSSR count). The van der Waals surface area contributed by atoms with Crippen molar-refractivity contribution in [3.05, 3.63) is 23.5 Å². The number of aliphatic imine (C=N–C) groups is 1. The van der Waals surface area contributed by atoms with Crippen LogP contribution in [0.2, 0.25) is 0 Å². The molecule has 3 heterocycles. The minimum Gasteiger partial charge on any atom is -0.364 e. The van der Waals surface area contributed by atoms with Crippen molar-refractivity contribution in [3.63, 3.8) is 0 Å². The Labute approximate surface area is 118 Å². The molecule has 0 unspecified atom stereocenters. The average molecular weight is 269 g/mol. The predicted molar refractivity (Wildman–Crippen MR) is 81.2 cm³/mol. The van der Waals surface area contributed by atoms with Gasteiger partial charge < -0.3 is 10.4 Å². The Morgan fingerprint density at radius 2 is 2.30 bits per heavy atom. The molecule has 0 spiro atoms. The molecule has 104 valence electrons. The monoisotopic (exact) mass is 269 g/mol. The highest BCUT2D eigenvalue weighted by atomic mass is 15.3. The number of H-pyrrole nitrogens is 1. The van der Waals surface area contributed by atoms with Gasteiger partial charge in [-0.25, -0.2) is 9.67 Å². The number of rotatable bonds is 2. The van der Waals surface area contributed by atoms with Crippen molar-refractivity contribution in [1.29, 1.82) is 5.41 Å². The number of hydrogen-bond donors (Lipinski definition) is 2. The van der Waals surface area contributed by atoms with Gasteiger partial charge in [0.2, 0.25) is 0 Å². The maximum atomic E-state index is 8.33. The lowest BCUT2D eigenvalue weighted by atomic mass is 10.0. The summed E-state index contributed by atoms with van der Waals surface area (Å²) < 4.78 is 1.78. The maximum Gasteiger partial charge on any atom is 0.159 e. The summed E-state index contributed by atoms with van der Waals surface area (Å²) in [6.45, 7) is 2.12. The van der Waals surface area contributed by atoms with Gasteiger partial charge in [0.15, 0.2) is 5.82 Å². The van der Waals surface area contributed by atoms with E-state index in [0.29, 0.717) is 5.71 Å². The molecule has 1 aliphatic rings. The molecule has 0 saturated heterocycles. The van der Waals surface area contributed by atoms with Crippen LogP contribution in [0.4, 0.5) is 5.82 Å². The molecule has 5 heteroatoms. The van der Waals surface area contributed by atoms with Crippen LogP contribution in [0.25, 0.3) is 11.3 Å². The minimum absolute atomic E-state index is 0.638. The SMILES string of the molecule is CCc1cc(-c2nn(C)c3c2C(=N)CCCC=N3)c[nH]1. The van der Waals surface area contributed by atoms with E-state index in [1.54, 1.807) is 4.68 Å². The summed E-state index contributed by atoms with van der Waals surface area (Å²) in [6.07, 6.45) is 7.55. The van der Waals surface area contributed by atoms with Crippen molar-refractivity contribution >= 4 is 17.7 Å². The predicted octanol–water partition coefficient (Wildman–Crippen LogP) is 3.23. The Morgan fingerprint density at radius 1 is 1.45 bits per heavy atom. The van der Waals surface area contributed by atoms with Gasteiger partial charge in [0.25, 0.3) is 0 Å². The summed E-state index contributed by atoms with van der Waals surface area (Å²) in [7, 11) is 1.89. The van der Waals surface area contributed by atoms with E-state index in [4.69, 9.17) is 5.41 Å². The fourth-order valence-corrected chi connectivity index (χ4v) is 2.57. The van der Waals surface area contributed by atoms with Crippen LogP contribution in [-0.2, 0) is 13.5 Å². The van der Waals surface area contributed by atoms with Crippen molar-refractivity contribution in [3.8, 4) is 11.3 Å². The molecule has 0 amide bonds. The highest BCUT2D eigenvalue weighted by molar-refractivity contribution is 6.07. The van der Waals surface area contributed by atoms with Crippen molar-refractivity contribution in [2.45, 2.75) is 32.6 Å². The number of fused-ring (bicyclic) bond motifs is 1. The van der Waals surface area contributed by atoms with E-state index in [9.17, 15) is 0 Å². The van der Waals surface area contributed by atoms with Crippen LogP contribution in [-0.4, -0.2) is 26.7 Å². The third-order valence-electron chi connectivity index (χ3n) is 3.69. The number of aryl methyl sites for hydroxylation is 2. The number of nitrogens with zero attached hydrogens (tertiary/aromatic N) is 3. The quantitative estimate of drug-likeness (QED) is 0.863. The second-order valence-electron chi connectivity index (χ2n) is 5.12. The van der Waals surface area contributed by atoms with E-state index in [1.807, 2.05) is 19.5 Å². The zero-order valence-corrected chi connectivity index (χ0v) is 11.9. The Morgan fingerprint density at radius 3 is 3.05 bits per heavy atom. The van der Waals surface area contributed by atoms with Crippen LogP contribution < -0.4 is 0 Å². The van der Waals surface area contributed by atoms with Gasteiger partial charge in [0.1, 0.15) is 5.69 Å². The largest absolute Gasteiger partial charge is 0.364 e. The van der Waals surface area contributed by atoms with Crippen molar-refractivity contribution in [2.75, 3.05) is 0 Å². The smallest absolute Gasteiger partial charge is 0.159 e. The number of hydrogen-bond acceptors (Lipinski definition) is 3. The van der Waals surface area contributed by atoms with Gasteiger partial charge in [-0.1, -0.05) is 6.92 Å². The molecule has 20 heavy (non-hydrogen) atoms. The third-order valence-corrected chi connectivity index (χ3v) is 3.69. The molecule has 0 atom stereocenters. The van der Waals surface area contributed by atoms with Gasteiger partial charge in [-0.3, -0.25) is 0 Å². The highest BCUT2D eigenvalue weighted by Crippen LogP contribution is 2.33. The number of aromatic nitrogens is 3. The maximum absolute atomic E-state index is 8.33. The Balaban J connectivity index is 2.17. The second-order valence-corrected chi connectivity index (χ2v) is 5.12. The molecule has 1 aliphatic heterocycles. The van der Waals surface area contributed by atoms with Crippen molar-refractivity contribution in [2.24, 2.45) is 12.0 Å². The van der Waals surface area contributed by atoms with Gasteiger partial charge in [-0.2, -0.15) is 5.10 Å². The molecule has 0 bridgehead atoms. The molecule has 2 N–H and O–H groups in total. The molecule has 0 fully saturated rings. The van der Waals surface area contributed by atoms with Gasteiger partial charge in [0.05, 0.1) is 5.56 Å². The second kappa shape index (κ2) is 5.07. The summed E-state index contributed by atoms with van der Waals surface area (Å²) in [5.41, 5.74) is 4.60. The molecule has 0 saturated carbocycles. The topological polar surface area (TPSA) is 69.8 Å². The van der Waals surface area contributed by atoms with Gasteiger partial charge in [-0.15, -0.1) is 0 Å². The van der Waals surface area contributed by atoms with Gasteiger partial charge >= 0.3 is 0 Å². The van der Waals surface area contributed by atoms with Crippen LogP contribution in [0, 0.1) is 5.41 Å². The first-order valence-corrected chi connectivity index (χ1v) is 7.05. The van der Waals surface area contributed by atoms with E-state index in [1.165, 1.54) is 5.69 Å². The lowest BCUT2D eigenvalue weighted by Gasteiger charge is -2.07. The lowest BCUT2D eigenvalue weighted by molar-refractivity contribution is 0.772. The highest BCUT2D eigenvalue weighted by Gasteiger charge is 2.22. The van der Waals surface area contributed by atoms with Gasteiger partial charge in [0, 0.05) is 36.4 Å². The third kappa shape index (κ3) is 2.09. The Bertz CT molecular complexity index is 674. The van der Waals surface area contributed by atoms with E-state index in [-0.39, 0.29) is 0 Å². The summed E-state index contributed by atoms with van der Waals surface area (Å²) >= 11 is 0. The normalized spacial score (nSPS) is 15.0.